The molecule has 0 amide bonds. The zero-order chi connectivity index (χ0) is 11.1. The second-order valence-electron chi connectivity index (χ2n) is 4.35. The Morgan fingerprint density at radius 1 is 1.40 bits per heavy atom. The zero-order valence-electron chi connectivity index (χ0n) is 9.54. The molecule has 0 aliphatic carbocycles. The molecule has 1 fully saturated rings. The Morgan fingerprint density at radius 3 is 2.67 bits per heavy atom. The summed E-state index contributed by atoms with van der Waals surface area (Å²) in [6.07, 6.45) is 3.98. The second kappa shape index (κ2) is 6.80. The molecule has 88 valence electrons. The van der Waals surface area contributed by atoms with E-state index in [4.69, 9.17) is 5.11 Å². The van der Waals surface area contributed by atoms with Crippen LogP contribution in [-0.2, 0) is 4.79 Å². The van der Waals surface area contributed by atoms with Crippen molar-refractivity contribution in [3.05, 3.63) is 0 Å². The number of hydrogen-bond donors (Lipinski definition) is 2. The normalized spacial score (nSPS) is 20.1. The summed E-state index contributed by atoms with van der Waals surface area (Å²) in [5, 5.41) is 11.9. The first-order valence-corrected chi connectivity index (χ1v) is 5.86. The summed E-state index contributed by atoms with van der Waals surface area (Å²) >= 11 is 0. The van der Waals surface area contributed by atoms with Gasteiger partial charge in [-0.15, -0.1) is 0 Å². The van der Waals surface area contributed by atoms with Gasteiger partial charge in [0, 0.05) is 19.6 Å². The van der Waals surface area contributed by atoms with Crippen LogP contribution in [0.25, 0.3) is 0 Å². The van der Waals surface area contributed by atoms with Gasteiger partial charge in [-0.05, 0) is 25.9 Å². The van der Waals surface area contributed by atoms with Gasteiger partial charge in [-0.3, -0.25) is 4.79 Å². The molecule has 2 N–H and O–H groups in total. The van der Waals surface area contributed by atoms with Crippen molar-refractivity contribution in [3.8, 4) is 0 Å². The first-order valence-electron chi connectivity index (χ1n) is 5.86. The lowest BCUT2D eigenvalue weighted by atomic mass is 10.1. The van der Waals surface area contributed by atoms with Crippen molar-refractivity contribution in [2.75, 3.05) is 32.7 Å². The van der Waals surface area contributed by atoms with Crippen molar-refractivity contribution in [2.45, 2.75) is 26.2 Å². The van der Waals surface area contributed by atoms with E-state index in [1.54, 1.807) is 6.92 Å². The average molecular weight is 214 g/mol. The molecule has 1 aliphatic rings. The third-order valence-corrected chi connectivity index (χ3v) is 2.93. The highest BCUT2D eigenvalue weighted by Crippen LogP contribution is 2.07. The Kier molecular flexibility index (Phi) is 5.65. The summed E-state index contributed by atoms with van der Waals surface area (Å²) in [4.78, 5) is 13.0. The number of aliphatic carboxylic acids is 1. The monoisotopic (exact) mass is 214 g/mol. The quantitative estimate of drug-likeness (QED) is 0.642. The van der Waals surface area contributed by atoms with E-state index >= 15 is 0 Å². The van der Waals surface area contributed by atoms with Crippen molar-refractivity contribution in [1.82, 2.24) is 10.2 Å². The van der Waals surface area contributed by atoms with E-state index in [2.05, 4.69) is 10.2 Å². The summed E-state index contributed by atoms with van der Waals surface area (Å²) in [5.74, 6) is -1.01. The Bertz CT molecular complexity index is 191. The van der Waals surface area contributed by atoms with Crippen LogP contribution in [0.3, 0.4) is 0 Å². The Balaban J connectivity index is 1.98. The van der Waals surface area contributed by atoms with Crippen molar-refractivity contribution in [3.63, 3.8) is 0 Å². The molecule has 0 spiro atoms. The van der Waals surface area contributed by atoms with Crippen LogP contribution in [0.15, 0.2) is 0 Å². The van der Waals surface area contributed by atoms with Crippen LogP contribution in [0.1, 0.15) is 26.2 Å². The Morgan fingerprint density at radius 2 is 2.07 bits per heavy atom. The number of likely N-dealkylation sites (tertiary alicyclic amines) is 1. The minimum absolute atomic E-state index is 0.286. The Hall–Kier alpha value is -0.610. The predicted molar refractivity (Wildman–Crippen MR) is 60.0 cm³/mol. The predicted octanol–water partition coefficient (Wildman–Crippen LogP) is 0.783. The molecule has 1 saturated heterocycles. The minimum atomic E-state index is -0.722. The number of nitrogens with zero attached hydrogens (tertiary/aromatic N) is 1. The van der Waals surface area contributed by atoms with E-state index in [-0.39, 0.29) is 5.92 Å². The van der Waals surface area contributed by atoms with E-state index in [9.17, 15) is 4.79 Å². The number of piperidine rings is 1. The molecule has 1 rings (SSSR count). The zero-order valence-corrected chi connectivity index (χ0v) is 9.54. The van der Waals surface area contributed by atoms with Gasteiger partial charge in [0.1, 0.15) is 0 Å². The van der Waals surface area contributed by atoms with Crippen LogP contribution in [0.2, 0.25) is 0 Å². The van der Waals surface area contributed by atoms with Gasteiger partial charge in [0.05, 0.1) is 5.92 Å². The van der Waals surface area contributed by atoms with Crippen molar-refractivity contribution in [1.29, 1.82) is 0 Å². The molecule has 0 bridgehead atoms. The number of hydrogen-bond acceptors (Lipinski definition) is 3. The van der Waals surface area contributed by atoms with Gasteiger partial charge in [0.25, 0.3) is 0 Å². The summed E-state index contributed by atoms with van der Waals surface area (Å²) < 4.78 is 0. The molecule has 1 heterocycles. The van der Waals surface area contributed by atoms with Gasteiger partial charge in [0.15, 0.2) is 0 Å². The summed E-state index contributed by atoms with van der Waals surface area (Å²) in [5.41, 5.74) is 0. The smallest absolute Gasteiger partial charge is 0.307 e. The first kappa shape index (κ1) is 12.5. The number of nitrogens with one attached hydrogen (secondary N) is 1. The number of carboxylic acids is 1. The lowest BCUT2D eigenvalue weighted by molar-refractivity contribution is -0.140. The van der Waals surface area contributed by atoms with Crippen LogP contribution in [0.4, 0.5) is 0 Å². The van der Waals surface area contributed by atoms with E-state index in [0.29, 0.717) is 6.54 Å². The van der Waals surface area contributed by atoms with Crippen LogP contribution in [-0.4, -0.2) is 48.7 Å². The lowest BCUT2D eigenvalue weighted by Crippen LogP contribution is -2.37. The molecule has 0 radical (unpaired) electrons. The van der Waals surface area contributed by atoms with Crippen molar-refractivity contribution >= 4 is 5.97 Å². The first-order chi connectivity index (χ1) is 7.20. The molecule has 0 aromatic rings. The number of carboxylic acid groups (broad SMARTS) is 1. The molecule has 1 unspecified atom stereocenters. The maximum atomic E-state index is 10.5. The average Bonchev–Trinajstić information content (AvgIpc) is 2.25. The maximum Gasteiger partial charge on any atom is 0.307 e. The summed E-state index contributed by atoms with van der Waals surface area (Å²) in [6.45, 7) is 6.66. The van der Waals surface area contributed by atoms with Crippen molar-refractivity contribution < 1.29 is 9.90 Å². The maximum absolute atomic E-state index is 10.5. The third-order valence-electron chi connectivity index (χ3n) is 2.93. The molecular formula is C11H22N2O2. The van der Waals surface area contributed by atoms with Crippen LogP contribution >= 0.6 is 0 Å². The van der Waals surface area contributed by atoms with Gasteiger partial charge in [-0.25, -0.2) is 0 Å². The number of carbonyl (C=O) groups is 1. The fraction of sp³-hybridized carbons (Fsp3) is 0.909. The topological polar surface area (TPSA) is 52.6 Å². The molecule has 0 saturated carbocycles. The fourth-order valence-electron chi connectivity index (χ4n) is 1.83. The minimum Gasteiger partial charge on any atom is -0.481 e. The summed E-state index contributed by atoms with van der Waals surface area (Å²) in [6, 6.07) is 0. The van der Waals surface area contributed by atoms with Gasteiger partial charge >= 0.3 is 5.97 Å². The van der Waals surface area contributed by atoms with Crippen LogP contribution in [0.5, 0.6) is 0 Å². The van der Waals surface area contributed by atoms with Gasteiger partial charge in [-0.2, -0.15) is 0 Å². The standard InChI is InChI=1S/C11H22N2O2/c1-10(11(14)15)9-12-5-8-13-6-3-2-4-7-13/h10,12H,2-9H2,1H3,(H,14,15). The van der Waals surface area contributed by atoms with Crippen LogP contribution < -0.4 is 5.32 Å². The molecule has 1 atom stereocenters. The molecule has 4 nitrogen and oxygen atoms in total. The molecule has 15 heavy (non-hydrogen) atoms. The van der Waals surface area contributed by atoms with E-state index in [1.165, 1.54) is 32.4 Å². The second-order valence-corrected chi connectivity index (χ2v) is 4.35. The molecule has 1 aliphatic heterocycles. The van der Waals surface area contributed by atoms with E-state index < -0.39 is 5.97 Å². The highest BCUT2D eigenvalue weighted by Gasteiger charge is 2.11. The largest absolute Gasteiger partial charge is 0.481 e. The SMILES string of the molecule is CC(CNCCN1CCCCC1)C(=O)O. The van der Waals surface area contributed by atoms with E-state index in [1.807, 2.05) is 0 Å². The van der Waals surface area contributed by atoms with Gasteiger partial charge in [0.2, 0.25) is 0 Å². The highest BCUT2D eigenvalue weighted by molar-refractivity contribution is 5.69. The molecule has 0 aromatic carbocycles. The number of rotatable bonds is 6. The third kappa shape index (κ3) is 5.14. The van der Waals surface area contributed by atoms with Crippen molar-refractivity contribution in [2.24, 2.45) is 5.92 Å². The lowest BCUT2D eigenvalue weighted by Gasteiger charge is -2.26. The van der Waals surface area contributed by atoms with Gasteiger partial charge in [-0.1, -0.05) is 13.3 Å². The molecular weight excluding hydrogens is 192 g/mol. The van der Waals surface area contributed by atoms with Crippen LogP contribution in [0, 0.1) is 5.92 Å². The highest BCUT2D eigenvalue weighted by atomic mass is 16.4. The van der Waals surface area contributed by atoms with E-state index in [0.717, 1.165) is 13.1 Å². The molecule has 0 aromatic heterocycles. The summed E-state index contributed by atoms with van der Waals surface area (Å²) in [7, 11) is 0. The fourth-order valence-corrected chi connectivity index (χ4v) is 1.83. The molecule has 4 heteroatoms. The Labute approximate surface area is 91.6 Å². The van der Waals surface area contributed by atoms with Gasteiger partial charge < -0.3 is 15.3 Å².